The van der Waals surface area contributed by atoms with Crippen LogP contribution in [0.4, 0.5) is 0 Å². The average molecular weight is 217 g/mol. The molecule has 0 fully saturated rings. The summed E-state index contributed by atoms with van der Waals surface area (Å²) in [5.41, 5.74) is 1.09. The van der Waals surface area contributed by atoms with Gasteiger partial charge in [0.25, 0.3) is 0 Å². The average Bonchev–Trinajstić information content (AvgIpc) is 2.34. The van der Waals surface area contributed by atoms with Gasteiger partial charge in [0.2, 0.25) is 0 Å². The van der Waals surface area contributed by atoms with E-state index in [0.717, 1.165) is 17.7 Å². The van der Waals surface area contributed by atoms with Crippen LogP contribution in [0.1, 0.15) is 44.6 Å². The second-order valence-corrected chi connectivity index (χ2v) is 4.24. The number of hydrogen-bond acceptors (Lipinski definition) is 2. The van der Waals surface area contributed by atoms with E-state index in [1.807, 2.05) is 30.5 Å². The van der Waals surface area contributed by atoms with Crippen LogP contribution < -0.4 is 4.74 Å². The molecule has 1 aliphatic heterocycles. The third-order valence-electron chi connectivity index (χ3n) is 2.87. The molecule has 0 saturated heterocycles. The lowest BCUT2D eigenvalue weighted by molar-refractivity contribution is 0.192. The molecular weight excluding hydrogens is 198 g/mol. The van der Waals surface area contributed by atoms with E-state index in [9.17, 15) is 0 Å². The fourth-order valence-corrected chi connectivity index (χ4v) is 1.91. The number of hydrogen-bond donors (Lipinski definition) is 0. The number of para-hydroxylation sites is 1. The van der Waals surface area contributed by atoms with Gasteiger partial charge in [0.1, 0.15) is 5.75 Å². The molecule has 16 heavy (non-hydrogen) atoms. The lowest BCUT2D eigenvalue weighted by Gasteiger charge is -2.20. The van der Waals surface area contributed by atoms with Gasteiger partial charge in [-0.15, -0.1) is 0 Å². The SMILES string of the molecule is CCCCCCC1N=Cc2ccccc2O1. The Hall–Kier alpha value is -1.31. The summed E-state index contributed by atoms with van der Waals surface area (Å²) >= 11 is 0. The molecule has 1 aromatic carbocycles. The molecule has 1 atom stereocenters. The van der Waals surface area contributed by atoms with Gasteiger partial charge in [-0.05, 0) is 18.6 Å². The highest BCUT2D eigenvalue weighted by Gasteiger charge is 2.14. The van der Waals surface area contributed by atoms with E-state index in [4.69, 9.17) is 4.74 Å². The number of aliphatic imine (C=N–C) groups is 1. The van der Waals surface area contributed by atoms with E-state index in [-0.39, 0.29) is 6.23 Å². The zero-order valence-electron chi connectivity index (χ0n) is 9.86. The van der Waals surface area contributed by atoms with Crippen LogP contribution >= 0.6 is 0 Å². The van der Waals surface area contributed by atoms with Crippen LogP contribution in [0.3, 0.4) is 0 Å². The Labute approximate surface area is 97.4 Å². The largest absolute Gasteiger partial charge is 0.468 e. The monoisotopic (exact) mass is 217 g/mol. The van der Waals surface area contributed by atoms with E-state index in [2.05, 4.69) is 11.9 Å². The van der Waals surface area contributed by atoms with Crippen LogP contribution in [-0.2, 0) is 0 Å². The summed E-state index contributed by atoms with van der Waals surface area (Å²) in [6, 6.07) is 8.06. The highest BCUT2D eigenvalue weighted by molar-refractivity contribution is 5.84. The number of benzene rings is 1. The van der Waals surface area contributed by atoms with Crippen molar-refractivity contribution in [3.05, 3.63) is 29.8 Å². The Balaban J connectivity index is 1.84. The molecule has 2 rings (SSSR count). The van der Waals surface area contributed by atoms with Gasteiger partial charge >= 0.3 is 0 Å². The van der Waals surface area contributed by atoms with Crippen LogP contribution in [0, 0.1) is 0 Å². The Kier molecular flexibility index (Phi) is 3.97. The lowest BCUT2D eigenvalue weighted by atomic mass is 10.1. The molecule has 0 N–H and O–H groups in total. The van der Waals surface area contributed by atoms with E-state index >= 15 is 0 Å². The van der Waals surface area contributed by atoms with Gasteiger partial charge in [-0.2, -0.15) is 0 Å². The molecule has 1 unspecified atom stereocenters. The van der Waals surface area contributed by atoms with Crippen molar-refractivity contribution in [2.24, 2.45) is 4.99 Å². The number of rotatable bonds is 5. The molecule has 0 bridgehead atoms. The first-order valence-electron chi connectivity index (χ1n) is 6.19. The van der Waals surface area contributed by atoms with Gasteiger partial charge in [-0.3, -0.25) is 0 Å². The van der Waals surface area contributed by atoms with Crippen LogP contribution in [0.2, 0.25) is 0 Å². The van der Waals surface area contributed by atoms with Crippen molar-refractivity contribution in [3.8, 4) is 5.75 Å². The first-order chi connectivity index (χ1) is 7.90. The minimum atomic E-state index is 0.0340. The standard InChI is InChI=1S/C14H19NO/c1-2-3-4-5-10-14-15-11-12-8-6-7-9-13(12)16-14/h6-9,11,14H,2-5,10H2,1H3. The molecule has 2 nitrogen and oxygen atoms in total. The second kappa shape index (κ2) is 5.69. The summed E-state index contributed by atoms with van der Waals surface area (Å²) in [5.74, 6) is 0.970. The number of unbranched alkanes of at least 4 members (excludes halogenated alkanes) is 3. The third-order valence-corrected chi connectivity index (χ3v) is 2.87. The summed E-state index contributed by atoms with van der Waals surface area (Å²) in [7, 11) is 0. The molecule has 1 aromatic rings. The Morgan fingerprint density at radius 3 is 2.94 bits per heavy atom. The van der Waals surface area contributed by atoms with Gasteiger partial charge in [0.05, 0.1) is 0 Å². The van der Waals surface area contributed by atoms with Crippen molar-refractivity contribution in [1.29, 1.82) is 0 Å². The van der Waals surface area contributed by atoms with E-state index in [0.29, 0.717) is 0 Å². The highest BCUT2D eigenvalue weighted by atomic mass is 16.5. The normalized spacial score (nSPS) is 17.9. The molecule has 1 heterocycles. The molecule has 1 aliphatic rings. The zero-order chi connectivity index (χ0) is 11.2. The maximum atomic E-state index is 5.81. The van der Waals surface area contributed by atoms with Crippen molar-refractivity contribution in [1.82, 2.24) is 0 Å². The minimum absolute atomic E-state index is 0.0340. The number of ether oxygens (including phenoxy) is 1. The van der Waals surface area contributed by atoms with Crippen molar-refractivity contribution < 1.29 is 4.74 Å². The van der Waals surface area contributed by atoms with E-state index < -0.39 is 0 Å². The van der Waals surface area contributed by atoms with Gasteiger partial charge in [0, 0.05) is 18.2 Å². The van der Waals surface area contributed by atoms with Crippen LogP contribution in [0.25, 0.3) is 0 Å². The quantitative estimate of drug-likeness (QED) is 0.687. The molecule has 2 heteroatoms. The molecule has 0 aromatic heterocycles. The first kappa shape index (κ1) is 11.2. The summed E-state index contributed by atoms with van der Waals surface area (Å²) in [6.45, 7) is 2.23. The zero-order valence-corrected chi connectivity index (χ0v) is 9.86. The fraction of sp³-hybridized carbons (Fsp3) is 0.500. The summed E-state index contributed by atoms with van der Waals surface area (Å²) in [5, 5.41) is 0. The second-order valence-electron chi connectivity index (χ2n) is 4.24. The number of nitrogens with zero attached hydrogens (tertiary/aromatic N) is 1. The fourth-order valence-electron chi connectivity index (χ4n) is 1.91. The van der Waals surface area contributed by atoms with Crippen LogP contribution in [-0.4, -0.2) is 12.4 Å². The lowest BCUT2D eigenvalue weighted by Crippen LogP contribution is -2.18. The molecule has 0 spiro atoms. The van der Waals surface area contributed by atoms with Crippen molar-refractivity contribution >= 4 is 6.21 Å². The molecule has 0 aliphatic carbocycles. The molecule has 86 valence electrons. The summed E-state index contributed by atoms with van der Waals surface area (Å²) < 4.78 is 5.81. The third kappa shape index (κ3) is 2.84. The van der Waals surface area contributed by atoms with Gasteiger partial charge in [-0.1, -0.05) is 38.3 Å². The van der Waals surface area contributed by atoms with Gasteiger partial charge in [0.15, 0.2) is 6.23 Å². The maximum Gasteiger partial charge on any atom is 0.189 e. The van der Waals surface area contributed by atoms with E-state index in [1.165, 1.54) is 25.7 Å². The Morgan fingerprint density at radius 2 is 2.06 bits per heavy atom. The molecular formula is C14H19NO. The summed E-state index contributed by atoms with van der Waals surface area (Å²) in [4.78, 5) is 4.42. The first-order valence-corrected chi connectivity index (χ1v) is 6.19. The minimum Gasteiger partial charge on any atom is -0.468 e. The molecule has 0 saturated carbocycles. The summed E-state index contributed by atoms with van der Waals surface area (Å²) in [6.07, 6.45) is 8.08. The molecule has 0 amide bonds. The van der Waals surface area contributed by atoms with Gasteiger partial charge < -0.3 is 4.74 Å². The Bertz CT molecular complexity index is 360. The number of fused-ring (bicyclic) bond motifs is 1. The van der Waals surface area contributed by atoms with Crippen molar-refractivity contribution in [2.45, 2.75) is 45.3 Å². The van der Waals surface area contributed by atoms with Crippen molar-refractivity contribution in [2.75, 3.05) is 0 Å². The molecule has 0 radical (unpaired) electrons. The predicted octanol–water partition coefficient (Wildman–Crippen LogP) is 3.79. The topological polar surface area (TPSA) is 21.6 Å². The highest BCUT2D eigenvalue weighted by Crippen LogP contribution is 2.23. The van der Waals surface area contributed by atoms with Gasteiger partial charge in [-0.25, -0.2) is 4.99 Å². The van der Waals surface area contributed by atoms with Crippen LogP contribution in [0.5, 0.6) is 5.75 Å². The Morgan fingerprint density at radius 1 is 1.19 bits per heavy atom. The van der Waals surface area contributed by atoms with Crippen LogP contribution in [0.15, 0.2) is 29.3 Å². The van der Waals surface area contributed by atoms with E-state index in [1.54, 1.807) is 0 Å². The smallest absolute Gasteiger partial charge is 0.189 e. The maximum absolute atomic E-state index is 5.81. The predicted molar refractivity (Wildman–Crippen MR) is 67.2 cm³/mol. The van der Waals surface area contributed by atoms with Crippen molar-refractivity contribution in [3.63, 3.8) is 0 Å².